The average molecular weight is 269 g/mol. The standard InChI is InChI=1S/C17H19NO2/c1-2-20-15-6-3-13(4-7-15)17(19)10-9-12-11-14(18)5-8-16(12)17/h3-8,11,19H,2,9-10,18H2,1H3. The monoisotopic (exact) mass is 269 g/mol. The quantitative estimate of drug-likeness (QED) is 0.842. The molecule has 3 nitrogen and oxygen atoms in total. The molecule has 0 spiro atoms. The van der Waals surface area contributed by atoms with Crippen molar-refractivity contribution >= 4 is 5.69 Å². The highest BCUT2D eigenvalue weighted by molar-refractivity contribution is 5.52. The van der Waals surface area contributed by atoms with E-state index in [0.29, 0.717) is 13.0 Å². The fourth-order valence-electron chi connectivity index (χ4n) is 2.97. The Bertz CT molecular complexity index is 621. The van der Waals surface area contributed by atoms with Crippen LogP contribution in [0.25, 0.3) is 0 Å². The molecule has 0 heterocycles. The van der Waals surface area contributed by atoms with Crippen molar-refractivity contribution in [1.82, 2.24) is 0 Å². The van der Waals surface area contributed by atoms with Crippen molar-refractivity contribution in [3.63, 3.8) is 0 Å². The second kappa shape index (κ2) is 4.84. The molecule has 104 valence electrons. The zero-order valence-electron chi connectivity index (χ0n) is 11.6. The van der Waals surface area contributed by atoms with Crippen LogP contribution in [-0.2, 0) is 12.0 Å². The number of aryl methyl sites for hydroxylation is 1. The van der Waals surface area contributed by atoms with E-state index in [9.17, 15) is 5.11 Å². The number of nitrogens with two attached hydrogens (primary N) is 1. The number of nitrogen functional groups attached to an aromatic ring is 1. The molecule has 0 amide bonds. The molecule has 0 fully saturated rings. The van der Waals surface area contributed by atoms with Crippen molar-refractivity contribution in [2.24, 2.45) is 0 Å². The molecule has 0 aromatic heterocycles. The molecular weight excluding hydrogens is 250 g/mol. The number of aliphatic hydroxyl groups is 1. The van der Waals surface area contributed by atoms with Gasteiger partial charge in [-0.25, -0.2) is 0 Å². The van der Waals surface area contributed by atoms with Crippen LogP contribution in [0.1, 0.15) is 30.0 Å². The van der Waals surface area contributed by atoms with E-state index >= 15 is 0 Å². The summed E-state index contributed by atoms with van der Waals surface area (Å²) in [6.07, 6.45) is 1.55. The molecule has 0 saturated heterocycles. The van der Waals surface area contributed by atoms with Gasteiger partial charge in [0.15, 0.2) is 0 Å². The third-order valence-electron chi connectivity index (χ3n) is 3.97. The Morgan fingerprint density at radius 3 is 2.65 bits per heavy atom. The normalized spacial score (nSPS) is 20.7. The Hall–Kier alpha value is -2.00. The maximum absolute atomic E-state index is 11.0. The van der Waals surface area contributed by atoms with Gasteiger partial charge in [-0.1, -0.05) is 18.2 Å². The number of ether oxygens (including phenoxy) is 1. The van der Waals surface area contributed by atoms with Crippen LogP contribution in [0.4, 0.5) is 5.69 Å². The summed E-state index contributed by atoms with van der Waals surface area (Å²) in [5, 5.41) is 11.0. The molecule has 3 heteroatoms. The number of rotatable bonds is 3. The summed E-state index contributed by atoms with van der Waals surface area (Å²) < 4.78 is 5.44. The third-order valence-corrected chi connectivity index (χ3v) is 3.97. The zero-order chi connectivity index (χ0) is 14.2. The molecule has 2 aromatic rings. The minimum atomic E-state index is -0.909. The molecule has 1 aliphatic carbocycles. The first-order valence-electron chi connectivity index (χ1n) is 6.98. The van der Waals surface area contributed by atoms with Gasteiger partial charge in [-0.2, -0.15) is 0 Å². The first kappa shape index (κ1) is 13.0. The lowest BCUT2D eigenvalue weighted by Gasteiger charge is -2.25. The molecule has 0 saturated carbocycles. The van der Waals surface area contributed by atoms with Gasteiger partial charge in [0.05, 0.1) is 6.61 Å². The van der Waals surface area contributed by atoms with Gasteiger partial charge in [0.25, 0.3) is 0 Å². The van der Waals surface area contributed by atoms with Crippen LogP contribution in [0.5, 0.6) is 5.75 Å². The molecule has 1 aliphatic rings. The molecule has 2 aromatic carbocycles. The van der Waals surface area contributed by atoms with Crippen LogP contribution < -0.4 is 10.5 Å². The van der Waals surface area contributed by atoms with Crippen molar-refractivity contribution in [1.29, 1.82) is 0 Å². The first-order valence-corrected chi connectivity index (χ1v) is 6.98. The van der Waals surface area contributed by atoms with Gasteiger partial charge in [0, 0.05) is 5.69 Å². The van der Waals surface area contributed by atoms with Crippen molar-refractivity contribution in [2.75, 3.05) is 12.3 Å². The van der Waals surface area contributed by atoms with Gasteiger partial charge in [-0.3, -0.25) is 0 Å². The molecule has 3 N–H and O–H groups in total. The first-order chi connectivity index (χ1) is 9.63. The fourth-order valence-corrected chi connectivity index (χ4v) is 2.97. The van der Waals surface area contributed by atoms with E-state index in [0.717, 1.165) is 34.5 Å². The summed E-state index contributed by atoms with van der Waals surface area (Å²) in [6.45, 7) is 2.60. The lowest BCUT2D eigenvalue weighted by molar-refractivity contribution is 0.0829. The largest absolute Gasteiger partial charge is 0.494 e. The summed E-state index contributed by atoms with van der Waals surface area (Å²) in [5.74, 6) is 0.829. The Kier molecular flexibility index (Phi) is 3.14. The Morgan fingerprint density at radius 2 is 1.95 bits per heavy atom. The number of hydrogen-bond acceptors (Lipinski definition) is 3. The Balaban J connectivity index is 1.98. The molecule has 20 heavy (non-hydrogen) atoms. The zero-order valence-corrected chi connectivity index (χ0v) is 11.6. The van der Waals surface area contributed by atoms with Crippen LogP contribution in [0.15, 0.2) is 42.5 Å². The SMILES string of the molecule is CCOc1ccc(C2(O)CCc3cc(N)ccc32)cc1. The smallest absolute Gasteiger partial charge is 0.119 e. The fraction of sp³-hybridized carbons (Fsp3) is 0.294. The van der Waals surface area contributed by atoms with E-state index in [1.807, 2.05) is 49.4 Å². The van der Waals surface area contributed by atoms with Gasteiger partial charge in [0.2, 0.25) is 0 Å². The van der Waals surface area contributed by atoms with Crippen molar-refractivity contribution in [3.8, 4) is 5.75 Å². The van der Waals surface area contributed by atoms with Crippen LogP contribution in [0.3, 0.4) is 0 Å². The van der Waals surface area contributed by atoms with Crippen LogP contribution in [0, 0.1) is 0 Å². The van der Waals surface area contributed by atoms with E-state index in [1.165, 1.54) is 0 Å². The van der Waals surface area contributed by atoms with Crippen LogP contribution in [0.2, 0.25) is 0 Å². The number of fused-ring (bicyclic) bond motifs is 1. The molecule has 3 rings (SSSR count). The van der Waals surface area contributed by atoms with Crippen LogP contribution in [-0.4, -0.2) is 11.7 Å². The molecule has 0 radical (unpaired) electrons. The van der Waals surface area contributed by atoms with E-state index in [4.69, 9.17) is 10.5 Å². The predicted octanol–water partition coefficient (Wildman–Crippen LogP) is 2.85. The van der Waals surface area contributed by atoms with Gasteiger partial charge in [-0.15, -0.1) is 0 Å². The number of anilines is 1. The highest BCUT2D eigenvalue weighted by atomic mass is 16.5. The molecule has 1 unspecified atom stereocenters. The number of benzene rings is 2. The highest BCUT2D eigenvalue weighted by Crippen LogP contribution is 2.42. The molecule has 1 atom stereocenters. The predicted molar refractivity (Wildman–Crippen MR) is 79.8 cm³/mol. The topological polar surface area (TPSA) is 55.5 Å². The van der Waals surface area contributed by atoms with Gasteiger partial charge < -0.3 is 15.6 Å². The maximum Gasteiger partial charge on any atom is 0.119 e. The summed E-state index contributed by atoms with van der Waals surface area (Å²) in [6, 6.07) is 13.4. The molecular formula is C17H19NO2. The Labute approximate surface area is 119 Å². The highest BCUT2D eigenvalue weighted by Gasteiger charge is 2.38. The van der Waals surface area contributed by atoms with E-state index < -0.39 is 5.60 Å². The second-order valence-corrected chi connectivity index (χ2v) is 5.23. The lowest BCUT2D eigenvalue weighted by Crippen LogP contribution is -2.23. The van der Waals surface area contributed by atoms with Gasteiger partial charge in [0.1, 0.15) is 11.4 Å². The summed E-state index contributed by atoms with van der Waals surface area (Å²) in [5.41, 5.74) is 8.67. The van der Waals surface area contributed by atoms with E-state index in [1.54, 1.807) is 0 Å². The minimum Gasteiger partial charge on any atom is -0.494 e. The van der Waals surface area contributed by atoms with E-state index in [-0.39, 0.29) is 0 Å². The van der Waals surface area contributed by atoms with Gasteiger partial charge in [-0.05, 0) is 60.7 Å². The van der Waals surface area contributed by atoms with Gasteiger partial charge >= 0.3 is 0 Å². The van der Waals surface area contributed by atoms with Crippen molar-refractivity contribution in [3.05, 3.63) is 59.2 Å². The van der Waals surface area contributed by atoms with Crippen molar-refractivity contribution in [2.45, 2.75) is 25.4 Å². The van der Waals surface area contributed by atoms with Crippen molar-refractivity contribution < 1.29 is 9.84 Å². The molecule has 0 aliphatic heterocycles. The third kappa shape index (κ3) is 2.04. The second-order valence-electron chi connectivity index (χ2n) is 5.23. The lowest BCUT2D eigenvalue weighted by atomic mass is 9.88. The Morgan fingerprint density at radius 1 is 1.20 bits per heavy atom. The number of hydrogen-bond donors (Lipinski definition) is 2. The van der Waals surface area contributed by atoms with E-state index in [2.05, 4.69) is 0 Å². The molecule has 0 bridgehead atoms. The van der Waals surface area contributed by atoms with Crippen LogP contribution >= 0.6 is 0 Å². The summed E-state index contributed by atoms with van der Waals surface area (Å²) in [7, 11) is 0. The summed E-state index contributed by atoms with van der Waals surface area (Å²) in [4.78, 5) is 0. The average Bonchev–Trinajstić information content (AvgIpc) is 2.78. The maximum atomic E-state index is 11.0. The summed E-state index contributed by atoms with van der Waals surface area (Å²) >= 11 is 0. The minimum absolute atomic E-state index is 0.645.